The van der Waals surface area contributed by atoms with Gasteiger partial charge in [0.1, 0.15) is 0 Å². The third-order valence-electron chi connectivity index (χ3n) is 7.19. The van der Waals surface area contributed by atoms with E-state index in [4.69, 9.17) is 2.50 Å². The second-order valence-electron chi connectivity index (χ2n) is 10.0. The molecule has 1 atom stereocenters. The molecule has 0 N–H and O–H groups in total. The molecule has 0 amide bonds. The summed E-state index contributed by atoms with van der Waals surface area (Å²) in [6.45, 7) is 6.95. The summed E-state index contributed by atoms with van der Waals surface area (Å²) in [6, 6.07) is 16.6. The molecule has 2 aliphatic rings. The van der Waals surface area contributed by atoms with Gasteiger partial charge in [0.25, 0.3) is 0 Å². The number of allylic oxidation sites excluding steroid dienone is 1. The van der Waals surface area contributed by atoms with Gasteiger partial charge in [-0.25, -0.2) is 0 Å². The molecular formula is C29H40Cl2OSiZr. The number of rotatable bonds is 10. The van der Waals surface area contributed by atoms with Gasteiger partial charge in [0.2, 0.25) is 0 Å². The van der Waals surface area contributed by atoms with Crippen LogP contribution in [0.15, 0.2) is 48.0 Å². The Balaban J connectivity index is 0.00000204. The van der Waals surface area contributed by atoms with Gasteiger partial charge in [0, 0.05) is 0 Å². The molecule has 2 aromatic rings. The molecule has 0 saturated heterocycles. The number of halogens is 2. The van der Waals surface area contributed by atoms with Crippen molar-refractivity contribution in [1.29, 1.82) is 0 Å². The van der Waals surface area contributed by atoms with Gasteiger partial charge < -0.3 is 24.8 Å². The molecule has 0 aliphatic heterocycles. The topological polar surface area (TPSA) is 9.23 Å². The number of unbranched alkanes of at least 4 members (excludes halogenated alkanes) is 3. The predicted octanol–water partition coefficient (Wildman–Crippen LogP) is 2.82. The zero-order chi connectivity index (χ0) is 22.3. The van der Waals surface area contributed by atoms with Crippen LogP contribution in [0.2, 0.25) is 13.1 Å². The van der Waals surface area contributed by atoms with Gasteiger partial charge >= 0.3 is 211 Å². The number of fused-ring (bicyclic) bond motifs is 1. The zero-order valence-electron chi connectivity index (χ0n) is 21.1. The fourth-order valence-corrected chi connectivity index (χ4v) is 10.7. The van der Waals surface area contributed by atoms with Crippen molar-refractivity contribution >= 4 is 15.1 Å². The Morgan fingerprint density at radius 1 is 0.912 bits per heavy atom. The second-order valence-corrected chi connectivity index (χ2v) is 16.1. The van der Waals surface area contributed by atoms with E-state index in [0.29, 0.717) is 3.63 Å². The summed E-state index contributed by atoms with van der Waals surface area (Å²) in [6.07, 6.45) is 16.1. The van der Waals surface area contributed by atoms with Crippen LogP contribution in [-0.2, 0) is 26.2 Å². The Labute approximate surface area is 234 Å². The van der Waals surface area contributed by atoms with Crippen molar-refractivity contribution in [2.75, 3.05) is 0 Å². The van der Waals surface area contributed by atoms with Crippen LogP contribution in [0.3, 0.4) is 0 Å². The molecule has 4 rings (SSSR count). The summed E-state index contributed by atoms with van der Waals surface area (Å²) < 4.78 is 7.05. The molecular weight excluding hydrogens is 555 g/mol. The Bertz CT molecular complexity index is 907. The van der Waals surface area contributed by atoms with Gasteiger partial charge in [0.05, 0.1) is 0 Å². The van der Waals surface area contributed by atoms with E-state index in [2.05, 4.69) is 68.6 Å². The van der Waals surface area contributed by atoms with Crippen molar-refractivity contribution in [3.63, 3.8) is 0 Å². The largest absolute Gasteiger partial charge is 1.00 e. The molecule has 1 saturated carbocycles. The van der Waals surface area contributed by atoms with Crippen LogP contribution in [0.1, 0.15) is 97.4 Å². The summed E-state index contributed by atoms with van der Waals surface area (Å²) in [4.78, 5) is 0. The first-order valence-electron chi connectivity index (χ1n) is 13.0. The van der Waals surface area contributed by atoms with Crippen LogP contribution in [0, 0.1) is 0 Å². The quantitative estimate of drug-likeness (QED) is 0.304. The van der Waals surface area contributed by atoms with Crippen molar-refractivity contribution in [2.24, 2.45) is 0 Å². The van der Waals surface area contributed by atoms with Crippen LogP contribution >= 0.6 is 0 Å². The molecule has 5 heteroatoms. The summed E-state index contributed by atoms with van der Waals surface area (Å²) in [5.74, 6) is 0.781. The maximum Gasteiger partial charge on any atom is -1.00 e. The van der Waals surface area contributed by atoms with Gasteiger partial charge in [-0.3, -0.25) is 0 Å². The molecule has 184 valence electrons. The molecule has 1 nitrogen and oxygen atoms in total. The van der Waals surface area contributed by atoms with Crippen LogP contribution in [-0.4, -0.2) is 9.04 Å². The average Bonchev–Trinajstić information content (AvgIpc) is 3.18. The fraction of sp³-hybridized carbons (Fsp3) is 0.517. The van der Waals surface area contributed by atoms with Crippen molar-refractivity contribution in [3.8, 4) is 11.1 Å². The average molecular weight is 595 g/mol. The maximum atomic E-state index is 6.44. The first-order chi connectivity index (χ1) is 15.7. The van der Waals surface area contributed by atoms with E-state index in [1.165, 1.54) is 80.9 Å². The molecule has 1 fully saturated rings. The standard InChI is InChI=1S/C27H33.C2H7OSi.2ClH.Zr/c1-2-3-4-6-10-21-19-25-13-9-14-26(27(25)20-21)24-17-15-23(16-18-24)22-11-7-5-8-12-22;1-4(2)3;;;/h9,13-20,22H,2-8,10-12H2,1H3;4H,1-2H3;2*1H;/q;-1;;;+3/p-2. The minimum absolute atomic E-state index is 0. The Hall–Kier alpha value is -0.180. The Morgan fingerprint density at radius 3 is 2.32 bits per heavy atom. The first kappa shape index (κ1) is 30.0. The first-order valence-corrected chi connectivity index (χ1v) is 18.2. The Kier molecular flexibility index (Phi) is 13.4. The van der Waals surface area contributed by atoms with E-state index in [-0.39, 0.29) is 24.8 Å². The van der Waals surface area contributed by atoms with Crippen molar-refractivity contribution < 1.29 is 51.0 Å². The summed E-state index contributed by atoms with van der Waals surface area (Å²) in [7, 11) is -0.950. The van der Waals surface area contributed by atoms with Crippen molar-refractivity contribution in [2.45, 2.75) is 93.8 Å². The van der Waals surface area contributed by atoms with Crippen LogP contribution in [0.25, 0.3) is 17.2 Å². The van der Waals surface area contributed by atoms with E-state index >= 15 is 0 Å². The molecule has 1 unspecified atom stereocenters. The maximum absolute atomic E-state index is 6.44. The summed E-state index contributed by atoms with van der Waals surface area (Å²) >= 11 is -0.900. The van der Waals surface area contributed by atoms with Crippen molar-refractivity contribution in [3.05, 3.63) is 64.7 Å². The summed E-state index contributed by atoms with van der Waals surface area (Å²) in [5.41, 5.74) is 9.08. The smallest absolute Gasteiger partial charge is 1.00 e. The third kappa shape index (κ3) is 7.66. The third-order valence-corrected chi connectivity index (χ3v) is 14.5. The van der Waals surface area contributed by atoms with E-state index in [0.717, 1.165) is 5.92 Å². The molecule has 0 bridgehead atoms. The molecule has 0 aromatic heterocycles. The van der Waals surface area contributed by atoms with E-state index in [1.807, 2.05) is 0 Å². The molecule has 34 heavy (non-hydrogen) atoms. The molecule has 0 spiro atoms. The van der Waals surface area contributed by atoms with Gasteiger partial charge in [-0.15, -0.1) is 0 Å². The zero-order valence-corrected chi connectivity index (χ0v) is 26.2. The van der Waals surface area contributed by atoms with Gasteiger partial charge in [-0.05, 0) is 0 Å². The SMILES string of the molecule is CCCCCCC1=Cc2c(-c3ccc(C4CCCCC4)cc3)cccc2[CH]1[Zr+2][O][SiH](C)C.[Cl-].[Cl-]. The summed E-state index contributed by atoms with van der Waals surface area (Å²) in [5, 5.41) is 0. The second kappa shape index (κ2) is 15.2. The van der Waals surface area contributed by atoms with Gasteiger partial charge in [-0.2, -0.15) is 0 Å². The van der Waals surface area contributed by atoms with Crippen LogP contribution in [0.4, 0.5) is 0 Å². The number of benzene rings is 2. The number of hydrogen-bond donors (Lipinski definition) is 0. The van der Waals surface area contributed by atoms with Gasteiger partial charge in [0.15, 0.2) is 0 Å². The minimum Gasteiger partial charge on any atom is -1.00 e. The molecule has 0 radical (unpaired) electrons. The van der Waals surface area contributed by atoms with E-state index in [9.17, 15) is 0 Å². The van der Waals surface area contributed by atoms with Crippen LogP contribution < -0.4 is 24.8 Å². The molecule has 0 heterocycles. The van der Waals surface area contributed by atoms with Gasteiger partial charge in [-0.1, -0.05) is 0 Å². The van der Waals surface area contributed by atoms with Crippen LogP contribution in [0.5, 0.6) is 0 Å². The number of hydrogen-bond acceptors (Lipinski definition) is 1. The predicted molar refractivity (Wildman–Crippen MR) is 137 cm³/mol. The van der Waals surface area contributed by atoms with E-state index < -0.39 is 32.7 Å². The molecule has 2 aromatic carbocycles. The fourth-order valence-electron chi connectivity index (χ4n) is 5.40. The van der Waals surface area contributed by atoms with E-state index in [1.54, 1.807) is 16.7 Å². The minimum atomic E-state index is -0.950. The van der Waals surface area contributed by atoms with Crippen molar-refractivity contribution in [1.82, 2.24) is 0 Å². The monoisotopic (exact) mass is 592 g/mol. The normalized spacial score (nSPS) is 17.4. The Morgan fingerprint density at radius 2 is 1.65 bits per heavy atom. The molecule has 2 aliphatic carbocycles.